The first-order valence-electron chi connectivity index (χ1n) is 9.18. The zero-order chi connectivity index (χ0) is 18.4. The molecule has 0 saturated heterocycles. The molecule has 2 aromatic carbocycles. The summed E-state index contributed by atoms with van der Waals surface area (Å²) in [5.41, 5.74) is 3.23. The van der Waals surface area contributed by atoms with E-state index in [9.17, 15) is 9.00 Å². The van der Waals surface area contributed by atoms with Gasteiger partial charge < -0.3 is 10.6 Å². The minimum atomic E-state index is -0.904. The van der Waals surface area contributed by atoms with Crippen LogP contribution in [0.15, 0.2) is 48.5 Å². The van der Waals surface area contributed by atoms with E-state index in [2.05, 4.69) is 10.6 Å². The van der Waals surface area contributed by atoms with Crippen LogP contribution in [0, 0.1) is 0 Å². The molecule has 1 unspecified atom stereocenters. The van der Waals surface area contributed by atoms with Crippen molar-refractivity contribution in [3.63, 3.8) is 0 Å². The number of hydrogen-bond donors (Lipinski definition) is 2. The molecule has 0 spiro atoms. The van der Waals surface area contributed by atoms with Gasteiger partial charge in [0.05, 0.1) is 5.56 Å². The van der Waals surface area contributed by atoms with Crippen LogP contribution in [0.2, 0.25) is 0 Å². The van der Waals surface area contributed by atoms with E-state index >= 15 is 0 Å². The molecule has 1 aliphatic carbocycles. The third kappa shape index (κ3) is 5.18. The SMILES string of the molecule is CS(=O)Cc1cccc(NC(=O)c2ccccc2NC2CCCCC2)c1. The van der Waals surface area contributed by atoms with Crippen molar-refractivity contribution in [3.05, 3.63) is 59.7 Å². The molecular weight excluding hydrogens is 344 g/mol. The van der Waals surface area contributed by atoms with Gasteiger partial charge in [0.25, 0.3) is 5.91 Å². The van der Waals surface area contributed by atoms with Gasteiger partial charge in [-0.05, 0) is 42.7 Å². The highest BCUT2D eigenvalue weighted by Gasteiger charge is 2.17. The van der Waals surface area contributed by atoms with E-state index in [1.54, 1.807) is 6.26 Å². The van der Waals surface area contributed by atoms with Gasteiger partial charge in [0.2, 0.25) is 0 Å². The Bertz CT molecular complexity index is 785. The van der Waals surface area contributed by atoms with Crippen LogP contribution in [0.3, 0.4) is 0 Å². The van der Waals surface area contributed by atoms with Gasteiger partial charge in [0.1, 0.15) is 0 Å². The summed E-state index contributed by atoms with van der Waals surface area (Å²) < 4.78 is 11.4. The fraction of sp³-hybridized carbons (Fsp3) is 0.381. The van der Waals surface area contributed by atoms with Crippen LogP contribution in [0.5, 0.6) is 0 Å². The summed E-state index contributed by atoms with van der Waals surface area (Å²) in [5, 5.41) is 6.52. The molecule has 1 fully saturated rings. The summed E-state index contributed by atoms with van der Waals surface area (Å²) in [6.07, 6.45) is 7.80. The molecule has 26 heavy (non-hydrogen) atoms. The maximum Gasteiger partial charge on any atom is 0.257 e. The average Bonchev–Trinajstić information content (AvgIpc) is 2.63. The molecule has 0 aliphatic heterocycles. The van der Waals surface area contributed by atoms with Crippen LogP contribution in [-0.2, 0) is 16.6 Å². The molecule has 4 nitrogen and oxygen atoms in total. The van der Waals surface area contributed by atoms with Crippen molar-refractivity contribution < 1.29 is 9.00 Å². The van der Waals surface area contributed by atoms with Crippen LogP contribution in [0.4, 0.5) is 11.4 Å². The summed E-state index contributed by atoms with van der Waals surface area (Å²) >= 11 is 0. The second-order valence-corrected chi connectivity index (χ2v) is 8.33. The van der Waals surface area contributed by atoms with Crippen LogP contribution in [0.1, 0.15) is 48.0 Å². The van der Waals surface area contributed by atoms with E-state index in [0.29, 0.717) is 17.4 Å². The van der Waals surface area contributed by atoms with Crippen molar-refractivity contribution in [2.24, 2.45) is 0 Å². The molecule has 3 rings (SSSR count). The van der Waals surface area contributed by atoms with Crippen molar-refractivity contribution in [2.45, 2.75) is 43.9 Å². The number of para-hydroxylation sites is 1. The molecule has 1 saturated carbocycles. The number of carbonyl (C=O) groups excluding carboxylic acids is 1. The van der Waals surface area contributed by atoms with Crippen LogP contribution >= 0.6 is 0 Å². The van der Waals surface area contributed by atoms with Crippen molar-refractivity contribution in [2.75, 3.05) is 16.9 Å². The molecule has 0 heterocycles. The molecule has 2 aromatic rings. The van der Waals surface area contributed by atoms with E-state index in [1.165, 1.54) is 19.3 Å². The number of nitrogens with one attached hydrogen (secondary N) is 2. The Morgan fingerprint density at radius 3 is 2.62 bits per heavy atom. The molecule has 0 bridgehead atoms. The van der Waals surface area contributed by atoms with Gasteiger partial charge in [-0.2, -0.15) is 0 Å². The summed E-state index contributed by atoms with van der Waals surface area (Å²) in [6, 6.07) is 15.7. The van der Waals surface area contributed by atoms with Crippen LogP contribution < -0.4 is 10.6 Å². The number of rotatable bonds is 6. The van der Waals surface area contributed by atoms with Gasteiger partial charge in [0, 0.05) is 40.2 Å². The lowest BCUT2D eigenvalue weighted by molar-refractivity contribution is 0.102. The summed E-state index contributed by atoms with van der Waals surface area (Å²) in [6.45, 7) is 0. The van der Waals surface area contributed by atoms with Gasteiger partial charge >= 0.3 is 0 Å². The predicted molar refractivity (Wildman–Crippen MR) is 109 cm³/mol. The zero-order valence-corrected chi connectivity index (χ0v) is 16.0. The van der Waals surface area contributed by atoms with E-state index in [1.807, 2.05) is 48.5 Å². The minimum absolute atomic E-state index is 0.126. The first-order chi connectivity index (χ1) is 12.6. The van der Waals surface area contributed by atoms with Gasteiger partial charge in [-0.15, -0.1) is 0 Å². The normalized spacial score (nSPS) is 16.0. The number of carbonyl (C=O) groups is 1. The fourth-order valence-corrected chi connectivity index (χ4v) is 4.09. The molecule has 5 heteroatoms. The monoisotopic (exact) mass is 370 g/mol. The molecule has 1 atom stereocenters. The molecule has 0 aromatic heterocycles. The number of anilines is 2. The largest absolute Gasteiger partial charge is 0.382 e. The highest BCUT2D eigenvalue weighted by Crippen LogP contribution is 2.24. The van der Waals surface area contributed by atoms with Crippen molar-refractivity contribution in [1.82, 2.24) is 0 Å². The second kappa shape index (κ2) is 8.99. The molecule has 138 valence electrons. The maximum atomic E-state index is 12.8. The highest BCUT2D eigenvalue weighted by molar-refractivity contribution is 7.83. The molecular formula is C21H26N2O2S. The smallest absolute Gasteiger partial charge is 0.257 e. The molecule has 1 aliphatic rings. The van der Waals surface area contributed by atoms with E-state index < -0.39 is 10.8 Å². The number of hydrogen-bond acceptors (Lipinski definition) is 3. The second-order valence-electron chi connectivity index (χ2n) is 6.90. The lowest BCUT2D eigenvalue weighted by atomic mass is 9.95. The fourth-order valence-electron chi connectivity index (χ4n) is 3.45. The van der Waals surface area contributed by atoms with Gasteiger partial charge in [0.15, 0.2) is 0 Å². The van der Waals surface area contributed by atoms with Crippen LogP contribution in [-0.4, -0.2) is 22.4 Å². The minimum Gasteiger partial charge on any atom is -0.382 e. The first-order valence-corrected chi connectivity index (χ1v) is 10.9. The van der Waals surface area contributed by atoms with Crippen molar-refractivity contribution >= 4 is 28.1 Å². The third-order valence-electron chi connectivity index (χ3n) is 4.69. The van der Waals surface area contributed by atoms with E-state index in [0.717, 1.165) is 29.8 Å². The highest BCUT2D eigenvalue weighted by atomic mass is 32.2. The summed E-state index contributed by atoms with van der Waals surface area (Å²) in [4.78, 5) is 12.8. The first kappa shape index (κ1) is 18.6. The lowest BCUT2D eigenvalue weighted by Gasteiger charge is -2.25. The molecule has 1 amide bonds. The van der Waals surface area contributed by atoms with E-state index in [4.69, 9.17) is 0 Å². The maximum absolute atomic E-state index is 12.8. The summed E-state index contributed by atoms with van der Waals surface area (Å²) in [7, 11) is -0.904. The Hall–Kier alpha value is -2.14. The van der Waals surface area contributed by atoms with Crippen LogP contribution in [0.25, 0.3) is 0 Å². The Labute approximate surface area is 157 Å². The van der Waals surface area contributed by atoms with Gasteiger partial charge in [-0.3, -0.25) is 9.00 Å². The van der Waals surface area contributed by atoms with Crippen molar-refractivity contribution in [1.29, 1.82) is 0 Å². The predicted octanol–water partition coefficient (Wildman–Crippen LogP) is 4.56. The Morgan fingerprint density at radius 2 is 1.85 bits per heavy atom. The molecule has 2 N–H and O–H groups in total. The lowest BCUT2D eigenvalue weighted by Crippen LogP contribution is -2.24. The van der Waals surface area contributed by atoms with Gasteiger partial charge in [-0.25, -0.2) is 0 Å². The summed E-state index contributed by atoms with van der Waals surface area (Å²) in [5.74, 6) is 0.363. The average molecular weight is 371 g/mol. The zero-order valence-electron chi connectivity index (χ0n) is 15.2. The Morgan fingerprint density at radius 1 is 1.08 bits per heavy atom. The number of amides is 1. The number of benzene rings is 2. The molecule has 0 radical (unpaired) electrons. The van der Waals surface area contributed by atoms with Gasteiger partial charge in [-0.1, -0.05) is 43.5 Å². The third-order valence-corrected chi connectivity index (χ3v) is 5.43. The van der Waals surface area contributed by atoms with Crippen molar-refractivity contribution in [3.8, 4) is 0 Å². The Kier molecular flexibility index (Phi) is 6.45. The quantitative estimate of drug-likeness (QED) is 0.783. The standard InChI is InChI=1S/C21H26N2O2S/c1-26(25)15-16-8-7-11-18(14-16)23-21(24)19-12-5-6-13-20(19)22-17-9-3-2-4-10-17/h5-8,11-14,17,22H,2-4,9-10,15H2,1H3,(H,23,24). The Balaban J connectivity index is 1.72. The van der Waals surface area contributed by atoms with E-state index in [-0.39, 0.29) is 5.91 Å². The topological polar surface area (TPSA) is 58.2 Å².